The predicted octanol–water partition coefficient (Wildman–Crippen LogP) is 2.59. The summed E-state index contributed by atoms with van der Waals surface area (Å²) in [5.41, 5.74) is 6.00. The van der Waals surface area contributed by atoms with Gasteiger partial charge in [-0.25, -0.2) is 0 Å². The van der Waals surface area contributed by atoms with Gasteiger partial charge in [0.2, 0.25) is 5.91 Å². The van der Waals surface area contributed by atoms with Gasteiger partial charge >= 0.3 is 0 Å². The smallest absolute Gasteiger partial charge is 0.223 e. The number of amides is 1. The van der Waals surface area contributed by atoms with Crippen LogP contribution < -0.4 is 11.1 Å². The third-order valence-corrected chi connectivity index (χ3v) is 4.89. The van der Waals surface area contributed by atoms with Crippen molar-refractivity contribution in [3.63, 3.8) is 0 Å². The fraction of sp³-hybridized carbons (Fsp3) is 0.933. The standard InChI is InChI=1S/C15H28N2O/c1-11-6-8-15(2,9-7-11)17-14(18)12-4-3-5-13(16)10-12/h11-13H,3-10,16H2,1-2H3,(H,17,18). The van der Waals surface area contributed by atoms with Crippen LogP contribution >= 0.6 is 0 Å². The highest BCUT2D eigenvalue weighted by Crippen LogP contribution is 2.32. The molecule has 0 radical (unpaired) electrons. The van der Waals surface area contributed by atoms with E-state index < -0.39 is 0 Å². The molecule has 3 N–H and O–H groups in total. The minimum atomic E-state index is 0.0329. The second-order valence-electron chi connectivity index (χ2n) is 6.86. The third kappa shape index (κ3) is 3.47. The molecule has 0 heterocycles. The van der Waals surface area contributed by atoms with Crippen molar-refractivity contribution in [1.82, 2.24) is 5.32 Å². The average molecular weight is 252 g/mol. The normalized spacial score (nSPS) is 41.4. The van der Waals surface area contributed by atoms with E-state index in [2.05, 4.69) is 19.2 Å². The molecular formula is C15H28N2O. The third-order valence-electron chi connectivity index (χ3n) is 4.89. The van der Waals surface area contributed by atoms with Crippen molar-refractivity contribution in [1.29, 1.82) is 0 Å². The summed E-state index contributed by atoms with van der Waals surface area (Å²) in [6.07, 6.45) is 8.80. The maximum Gasteiger partial charge on any atom is 0.223 e. The Kier molecular flexibility index (Phi) is 4.31. The number of rotatable bonds is 2. The van der Waals surface area contributed by atoms with Crippen LogP contribution in [0.5, 0.6) is 0 Å². The lowest BCUT2D eigenvalue weighted by Gasteiger charge is -2.38. The first-order chi connectivity index (χ1) is 8.48. The first-order valence-electron chi connectivity index (χ1n) is 7.56. The summed E-state index contributed by atoms with van der Waals surface area (Å²) < 4.78 is 0. The Morgan fingerprint density at radius 1 is 1.22 bits per heavy atom. The maximum atomic E-state index is 12.3. The van der Waals surface area contributed by atoms with Crippen LogP contribution in [-0.4, -0.2) is 17.5 Å². The van der Waals surface area contributed by atoms with Crippen molar-refractivity contribution in [3.8, 4) is 0 Å². The first-order valence-corrected chi connectivity index (χ1v) is 7.56. The van der Waals surface area contributed by atoms with Gasteiger partial charge in [-0.05, 0) is 57.8 Å². The van der Waals surface area contributed by atoms with Gasteiger partial charge in [-0.15, -0.1) is 0 Å². The Morgan fingerprint density at radius 2 is 1.89 bits per heavy atom. The number of nitrogens with two attached hydrogens (primary N) is 1. The predicted molar refractivity (Wildman–Crippen MR) is 74.1 cm³/mol. The van der Waals surface area contributed by atoms with Crippen LogP contribution in [0.25, 0.3) is 0 Å². The monoisotopic (exact) mass is 252 g/mol. The fourth-order valence-electron chi connectivity index (χ4n) is 3.39. The zero-order chi connectivity index (χ0) is 13.2. The van der Waals surface area contributed by atoms with Gasteiger partial charge in [0.25, 0.3) is 0 Å². The van der Waals surface area contributed by atoms with E-state index in [9.17, 15) is 4.79 Å². The molecule has 2 unspecified atom stereocenters. The molecule has 3 nitrogen and oxygen atoms in total. The molecule has 2 saturated carbocycles. The number of carbonyl (C=O) groups is 1. The van der Waals surface area contributed by atoms with Crippen molar-refractivity contribution >= 4 is 5.91 Å². The summed E-state index contributed by atoms with van der Waals surface area (Å²) >= 11 is 0. The van der Waals surface area contributed by atoms with Crippen molar-refractivity contribution < 1.29 is 4.79 Å². The van der Waals surface area contributed by atoms with Crippen LogP contribution in [0.1, 0.15) is 65.2 Å². The number of hydrogen-bond donors (Lipinski definition) is 2. The van der Waals surface area contributed by atoms with E-state index in [1.165, 1.54) is 12.8 Å². The summed E-state index contributed by atoms with van der Waals surface area (Å²) in [5, 5.41) is 3.31. The molecule has 1 amide bonds. The van der Waals surface area contributed by atoms with Crippen LogP contribution in [0.2, 0.25) is 0 Å². The van der Waals surface area contributed by atoms with Crippen LogP contribution in [0.15, 0.2) is 0 Å². The van der Waals surface area contributed by atoms with E-state index in [4.69, 9.17) is 5.73 Å². The lowest BCUT2D eigenvalue weighted by Crippen LogP contribution is -2.51. The molecular weight excluding hydrogens is 224 g/mol. The Labute approximate surface area is 111 Å². The molecule has 2 aliphatic carbocycles. The van der Waals surface area contributed by atoms with E-state index in [0.29, 0.717) is 0 Å². The zero-order valence-corrected chi connectivity index (χ0v) is 11.9. The SMILES string of the molecule is CC1CCC(C)(NC(=O)C2CCCC(N)C2)CC1. The maximum absolute atomic E-state index is 12.3. The van der Waals surface area contributed by atoms with E-state index in [1.807, 2.05) is 0 Å². The number of nitrogens with one attached hydrogen (secondary N) is 1. The largest absolute Gasteiger partial charge is 0.351 e. The second kappa shape index (κ2) is 5.60. The molecule has 18 heavy (non-hydrogen) atoms. The highest BCUT2D eigenvalue weighted by Gasteiger charge is 2.34. The quantitative estimate of drug-likeness (QED) is 0.793. The van der Waals surface area contributed by atoms with Crippen molar-refractivity contribution in [2.75, 3.05) is 0 Å². The van der Waals surface area contributed by atoms with Gasteiger partial charge in [0, 0.05) is 17.5 Å². The molecule has 2 aliphatic rings. The highest BCUT2D eigenvalue weighted by atomic mass is 16.2. The second-order valence-corrected chi connectivity index (χ2v) is 6.86. The van der Waals surface area contributed by atoms with Crippen LogP contribution in [-0.2, 0) is 4.79 Å². The lowest BCUT2D eigenvalue weighted by atomic mass is 9.77. The van der Waals surface area contributed by atoms with E-state index >= 15 is 0 Å². The molecule has 0 aromatic rings. The van der Waals surface area contributed by atoms with Gasteiger partial charge < -0.3 is 11.1 Å². The minimum absolute atomic E-state index is 0.0329. The summed E-state index contributed by atoms with van der Waals surface area (Å²) in [6, 6.07) is 0.230. The minimum Gasteiger partial charge on any atom is -0.351 e. The Hall–Kier alpha value is -0.570. The first kappa shape index (κ1) is 13.9. The molecule has 104 valence electrons. The summed E-state index contributed by atoms with van der Waals surface area (Å²) in [5.74, 6) is 1.23. The van der Waals surface area contributed by atoms with E-state index in [0.717, 1.165) is 44.4 Å². The van der Waals surface area contributed by atoms with Gasteiger partial charge in [-0.2, -0.15) is 0 Å². The molecule has 0 aromatic carbocycles. The molecule has 2 rings (SSSR count). The molecule has 0 saturated heterocycles. The van der Waals surface area contributed by atoms with Crippen molar-refractivity contribution in [2.24, 2.45) is 17.6 Å². The summed E-state index contributed by atoms with van der Waals surface area (Å²) in [6.45, 7) is 4.51. The van der Waals surface area contributed by atoms with Gasteiger partial charge in [0.15, 0.2) is 0 Å². The Balaban J connectivity index is 1.86. The van der Waals surface area contributed by atoms with Crippen molar-refractivity contribution in [3.05, 3.63) is 0 Å². The van der Waals surface area contributed by atoms with Crippen LogP contribution in [0.3, 0.4) is 0 Å². The van der Waals surface area contributed by atoms with Crippen LogP contribution in [0, 0.1) is 11.8 Å². The summed E-state index contributed by atoms with van der Waals surface area (Å²) in [4.78, 5) is 12.3. The molecule has 0 bridgehead atoms. The summed E-state index contributed by atoms with van der Waals surface area (Å²) in [7, 11) is 0. The molecule has 0 aromatic heterocycles. The highest BCUT2D eigenvalue weighted by molar-refractivity contribution is 5.79. The van der Waals surface area contributed by atoms with Crippen molar-refractivity contribution in [2.45, 2.75) is 76.8 Å². The Morgan fingerprint density at radius 3 is 2.50 bits per heavy atom. The molecule has 3 heteroatoms. The van der Waals surface area contributed by atoms with Gasteiger partial charge in [-0.1, -0.05) is 13.3 Å². The molecule has 2 atom stereocenters. The van der Waals surface area contributed by atoms with E-state index in [1.54, 1.807) is 0 Å². The van der Waals surface area contributed by atoms with Gasteiger partial charge in [-0.3, -0.25) is 4.79 Å². The number of carbonyl (C=O) groups excluding carboxylic acids is 1. The van der Waals surface area contributed by atoms with E-state index in [-0.39, 0.29) is 23.4 Å². The van der Waals surface area contributed by atoms with Crippen LogP contribution in [0.4, 0.5) is 0 Å². The molecule has 0 aliphatic heterocycles. The average Bonchev–Trinajstić information content (AvgIpc) is 2.33. The topological polar surface area (TPSA) is 55.1 Å². The molecule has 0 spiro atoms. The Bertz CT molecular complexity index is 295. The van der Waals surface area contributed by atoms with Gasteiger partial charge in [0.05, 0.1) is 0 Å². The van der Waals surface area contributed by atoms with Gasteiger partial charge in [0.1, 0.15) is 0 Å². The zero-order valence-electron chi connectivity index (χ0n) is 11.9. The number of hydrogen-bond acceptors (Lipinski definition) is 2. The fourth-order valence-corrected chi connectivity index (χ4v) is 3.39. The molecule has 2 fully saturated rings. The lowest BCUT2D eigenvalue weighted by molar-refractivity contribution is -0.128.